The SMILES string of the molecule is CCC(C)C(N)C(=O)N(CC1CCOC1)C1CC1. The van der Waals surface area contributed by atoms with Crippen LogP contribution in [-0.4, -0.2) is 42.6 Å². The van der Waals surface area contributed by atoms with Gasteiger partial charge in [-0.1, -0.05) is 20.3 Å². The lowest BCUT2D eigenvalue weighted by atomic mass is 9.98. The molecule has 0 bridgehead atoms. The average molecular weight is 254 g/mol. The molecule has 2 N–H and O–H groups in total. The van der Waals surface area contributed by atoms with Crippen molar-refractivity contribution in [1.82, 2.24) is 4.90 Å². The zero-order chi connectivity index (χ0) is 13.1. The molecule has 3 unspecified atom stereocenters. The molecule has 2 rings (SSSR count). The Morgan fingerprint density at radius 3 is 2.67 bits per heavy atom. The summed E-state index contributed by atoms with van der Waals surface area (Å²) >= 11 is 0. The van der Waals surface area contributed by atoms with Crippen LogP contribution in [0.1, 0.15) is 39.5 Å². The Hall–Kier alpha value is -0.610. The van der Waals surface area contributed by atoms with Gasteiger partial charge in [-0.05, 0) is 25.2 Å². The normalized spacial score (nSPS) is 26.9. The lowest BCUT2D eigenvalue weighted by molar-refractivity contribution is -0.135. The van der Waals surface area contributed by atoms with Crippen molar-refractivity contribution in [3.63, 3.8) is 0 Å². The van der Waals surface area contributed by atoms with E-state index in [4.69, 9.17) is 10.5 Å². The molecule has 2 aliphatic rings. The molecule has 18 heavy (non-hydrogen) atoms. The Balaban J connectivity index is 1.93. The van der Waals surface area contributed by atoms with Crippen molar-refractivity contribution in [3.8, 4) is 0 Å². The quantitative estimate of drug-likeness (QED) is 0.779. The van der Waals surface area contributed by atoms with Crippen molar-refractivity contribution in [2.24, 2.45) is 17.6 Å². The molecule has 1 aliphatic heterocycles. The molecule has 1 aliphatic carbocycles. The molecule has 104 valence electrons. The van der Waals surface area contributed by atoms with Gasteiger partial charge in [0.05, 0.1) is 12.6 Å². The van der Waals surface area contributed by atoms with E-state index in [2.05, 4.69) is 13.8 Å². The Bertz CT molecular complexity index is 286. The summed E-state index contributed by atoms with van der Waals surface area (Å²) in [4.78, 5) is 14.5. The van der Waals surface area contributed by atoms with Gasteiger partial charge in [0.25, 0.3) is 0 Å². The molecule has 0 aromatic rings. The third kappa shape index (κ3) is 3.23. The summed E-state index contributed by atoms with van der Waals surface area (Å²) in [7, 11) is 0. The van der Waals surface area contributed by atoms with Crippen molar-refractivity contribution < 1.29 is 9.53 Å². The molecule has 2 fully saturated rings. The fraction of sp³-hybridized carbons (Fsp3) is 0.929. The highest BCUT2D eigenvalue weighted by atomic mass is 16.5. The Morgan fingerprint density at radius 2 is 2.17 bits per heavy atom. The Kier molecular flexibility index (Phi) is 4.62. The topological polar surface area (TPSA) is 55.6 Å². The maximum absolute atomic E-state index is 12.5. The second kappa shape index (κ2) is 6.02. The number of carbonyl (C=O) groups excluding carboxylic acids is 1. The number of carbonyl (C=O) groups is 1. The number of nitrogens with two attached hydrogens (primary N) is 1. The van der Waals surface area contributed by atoms with Crippen molar-refractivity contribution in [1.29, 1.82) is 0 Å². The van der Waals surface area contributed by atoms with E-state index in [-0.39, 0.29) is 17.9 Å². The summed E-state index contributed by atoms with van der Waals surface area (Å²) in [6.07, 6.45) is 4.33. The molecule has 0 spiro atoms. The third-order valence-electron chi connectivity index (χ3n) is 4.29. The third-order valence-corrected chi connectivity index (χ3v) is 4.29. The number of nitrogens with zero attached hydrogens (tertiary/aromatic N) is 1. The Labute approximate surface area is 110 Å². The first kappa shape index (κ1) is 13.8. The molecular formula is C14H26N2O2. The minimum absolute atomic E-state index is 0.152. The fourth-order valence-electron chi connectivity index (χ4n) is 2.50. The zero-order valence-electron chi connectivity index (χ0n) is 11.6. The standard InChI is InChI=1S/C14H26N2O2/c1-3-10(2)13(15)14(17)16(12-4-5-12)8-11-6-7-18-9-11/h10-13H,3-9,15H2,1-2H3. The van der Waals surface area contributed by atoms with Gasteiger partial charge in [-0.25, -0.2) is 0 Å². The van der Waals surface area contributed by atoms with E-state index in [9.17, 15) is 4.79 Å². The molecule has 0 aromatic heterocycles. The van der Waals surface area contributed by atoms with Crippen LogP contribution in [-0.2, 0) is 9.53 Å². The van der Waals surface area contributed by atoms with Crippen LogP contribution < -0.4 is 5.73 Å². The molecule has 1 saturated carbocycles. The van der Waals surface area contributed by atoms with Gasteiger partial charge >= 0.3 is 0 Å². The van der Waals surface area contributed by atoms with E-state index in [1.54, 1.807) is 0 Å². The van der Waals surface area contributed by atoms with Gasteiger partial charge in [-0.2, -0.15) is 0 Å². The molecular weight excluding hydrogens is 228 g/mol. The lowest BCUT2D eigenvalue weighted by Crippen LogP contribution is -2.49. The van der Waals surface area contributed by atoms with E-state index in [0.717, 1.165) is 45.4 Å². The maximum Gasteiger partial charge on any atom is 0.240 e. The minimum Gasteiger partial charge on any atom is -0.381 e. The summed E-state index contributed by atoms with van der Waals surface area (Å²) < 4.78 is 5.40. The molecule has 4 heteroatoms. The Morgan fingerprint density at radius 1 is 1.44 bits per heavy atom. The maximum atomic E-state index is 12.5. The fourth-order valence-corrected chi connectivity index (χ4v) is 2.50. The van der Waals surface area contributed by atoms with E-state index in [1.165, 1.54) is 0 Å². The van der Waals surface area contributed by atoms with Crippen molar-refractivity contribution in [2.45, 2.75) is 51.6 Å². The van der Waals surface area contributed by atoms with Crippen molar-refractivity contribution in [2.75, 3.05) is 19.8 Å². The van der Waals surface area contributed by atoms with Gasteiger partial charge < -0.3 is 15.4 Å². The second-order valence-corrected chi connectivity index (χ2v) is 5.86. The second-order valence-electron chi connectivity index (χ2n) is 5.86. The van der Waals surface area contributed by atoms with E-state index in [0.29, 0.717) is 12.0 Å². The first-order valence-electron chi connectivity index (χ1n) is 7.27. The zero-order valence-corrected chi connectivity index (χ0v) is 11.6. The number of amides is 1. The summed E-state index contributed by atoms with van der Waals surface area (Å²) in [6, 6.07) is 0.117. The summed E-state index contributed by atoms with van der Waals surface area (Å²) in [6.45, 7) is 6.63. The summed E-state index contributed by atoms with van der Waals surface area (Å²) in [5.74, 6) is 0.927. The molecule has 1 amide bonds. The highest BCUT2D eigenvalue weighted by Gasteiger charge is 2.37. The number of hydrogen-bond acceptors (Lipinski definition) is 3. The van der Waals surface area contributed by atoms with Crippen molar-refractivity contribution >= 4 is 5.91 Å². The number of rotatable bonds is 6. The molecule has 3 atom stereocenters. The van der Waals surface area contributed by atoms with E-state index >= 15 is 0 Å². The van der Waals surface area contributed by atoms with Crippen molar-refractivity contribution in [3.05, 3.63) is 0 Å². The van der Waals surface area contributed by atoms with Crippen LogP contribution in [0.25, 0.3) is 0 Å². The van der Waals surface area contributed by atoms with Gasteiger partial charge in [0.15, 0.2) is 0 Å². The predicted octanol–water partition coefficient (Wildman–Crippen LogP) is 1.39. The van der Waals surface area contributed by atoms with Gasteiger partial charge in [-0.3, -0.25) is 4.79 Å². The molecule has 0 radical (unpaired) electrons. The highest BCUT2D eigenvalue weighted by molar-refractivity contribution is 5.82. The van der Waals surface area contributed by atoms with Crippen LogP contribution in [0.3, 0.4) is 0 Å². The number of hydrogen-bond donors (Lipinski definition) is 1. The van der Waals surface area contributed by atoms with Crippen LogP contribution in [0.4, 0.5) is 0 Å². The molecule has 1 heterocycles. The number of ether oxygens (including phenoxy) is 1. The first-order chi connectivity index (χ1) is 8.63. The van der Waals surface area contributed by atoms with Gasteiger partial charge in [0.1, 0.15) is 0 Å². The average Bonchev–Trinajstić information content (AvgIpc) is 3.10. The predicted molar refractivity (Wildman–Crippen MR) is 71.1 cm³/mol. The van der Waals surface area contributed by atoms with E-state index in [1.807, 2.05) is 4.90 Å². The molecule has 4 nitrogen and oxygen atoms in total. The highest BCUT2D eigenvalue weighted by Crippen LogP contribution is 2.30. The largest absolute Gasteiger partial charge is 0.381 e. The molecule has 1 saturated heterocycles. The summed E-state index contributed by atoms with van der Waals surface area (Å²) in [5.41, 5.74) is 6.09. The minimum atomic E-state index is -0.335. The summed E-state index contributed by atoms with van der Waals surface area (Å²) in [5, 5.41) is 0. The van der Waals surface area contributed by atoms with Crippen LogP contribution in [0, 0.1) is 11.8 Å². The van der Waals surface area contributed by atoms with Crippen LogP contribution in [0.15, 0.2) is 0 Å². The van der Waals surface area contributed by atoms with Crippen LogP contribution >= 0.6 is 0 Å². The molecule has 0 aromatic carbocycles. The van der Waals surface area contributed by atoms with Gasteiger partial charge in [-0.15, -0.1) is 0 Å². The van der Waals surface area contributed by atoms with E-state index < -0.39 is 0 Å². The van der Waals surface area contributed by atoms with Gasteiger partial charge in [0.2, 0.25) is 5.91 Å². The van der Waals surface area contributed by atoms with Gasteiger partial charge in [0, 0.05) is 25.1 Å². The first-order valence-corrected chi connectivity index (χ1v) is 7.27. The van der Waals surface area contributed by atoms with Crippen LogP contribution in [0.2, 0.25) is 0 Å². The smallest absolute Gasteiger partial charge is 0.240 e. The van der Waals surface area contributed by atoms with Crippen LogP contribution in [0.5, 0.6) is 0 Å². The monoisotopic (exact) mass is 254 g/mol. The lowest BCUT2D eigenvalue weighted by Gasteiger charge is -2.29.